The zero-order chi connectivity index (χ0) is 15.4. The summed E-state index contributed by atoms with van der Waals surface area (Å²) < 4.78 is 12.0. The number of hydrogen-bond acceptors (Lipinski definition) is 5. The minimum atomic E-state index is -0.573. The lowest BCUT2D eigenvalue weighted by Crippen LogP contribution is -2.41. The van der Waals surface area contributed by atoms with Gasteiger partial charge in [-0.25, -0.2) is 0 Å². The van der Waals surface area contributed by atoms with Gasteiger partial charge in [-0.3, -0.25) is 15.2 Å². The molecule has 1 aromatic heterocycles. The van der Waals surface area contributed by atoms with Crippen molar-refractivity contribution in [1.82, 2.24) is 10.2 Å². The van der Waals surface area contributed by atoms with Gasteiger partial charge in [-0.15, -0.1) is 0 Å². The Morgan fingerprint density at radius 1 is 1.24 bits per heavy atom. The van der Waals surface area contributed by atoms with E-state index in [4.69, 9.17) is 9.31 Å². The number of hydrogen-bond donors (Lipinski definition) is 1. The van der Waals surface area contributed by atoms with Crippen molar-refractivity contribution < 1.29 is 14.2 Å². The van der Waals surface area contributed by atoms with E-state index < -0.39 is 23.2 Å². The smallest absolute Gasteiger partial charge is 0.399 e. The van der Waals surface area contributed by atoms with Crippen molar-refractivity contribution in [2.24, 2.45) is 0 Å². The third kappa shape index (κ3) is 2.02. The van der Waals surface area contributed by atoms with Crippen LogP contribution in [0, 0.1) is 10.1 Å². The summed E-state index contributed by atoms with van der Waals surface area (Å²) in [5, 5.41) is 18.3. The van der Waals surface area contributed by atoms with E-state index in [0.717, 1.165) is 5.46 Å². The second-order valence-corrected chi connectivity index (χ2v) is 6.18. The fourth-order valence-corrected chi connectivity index (χ4v) is 2.37. The van der Waals surface area contributed by atoms with Gasteiger partial charge >= 0.3 is 7.12 Å². The molecule has 2 aromatic rings. The van der Waals surface area contributed by atoms with Crippen LogP contribution in [0.3, 0.4) is 0 Å². The summed E-state index contributed by atoms with van der Waals surface area (Å²) in [7, 11) is -0.573. The van der Waals surface area contributed by atoms with E-state index >= 15 is 0 Å². The molecule has 8 heteroatoms. The normalized spacial score (nSPS) is 20.1. The summed E-state index contributed by atoms with van der Waals surface area (Å²) in [4.78, 5) is 10.6. The van der Waals surface area contributed by atoms with Crippen LogP contribution in [0.5, 0.6) is 0 Å². The monoisotopic (exact) mass is 289 g/mol. The second kappa shape index (κ2) is 4.28. The fourth-order valence-electron chi connectivity index (χ4n) is 2.37. The van der Waals surface area contributed by atoms with Crippen LogP contribution in [-0.2, 0) is 9.31 Å². The standard InChI is InChI=1S/C13H16BN3O4/c1-12(2)13(3,4)21-14(20-12)9-5-6-10(17(18)19)11-8(9)7-15-16-11/h5-7H,1-4H3,(H,15,16). The zero-order valence-corrected chi connectivity index (χ0v) is 12.3. The fraction of sp³-hybridized carbons (Fsp3) is 0.462. The molecule has 2 heterocycles. The average Bonchev–Trinajstić information content (AvgIpc) is 2.91. The van der Waals surface area contributed by atoms with Crippen molar-refractivity contribution in [2.75, 3.05) is 0 Å². The number of nitrogens with one attached hydrogen (secondary N) is 1. The Morgan fingerprint density at radius 2 is 1.86 bits per heavy atom. The summed E-state index contributed by atoms with van der Waals surface area (Å²) in [6.45, 7) is 7.85. The Kier molecular flexibility index (Phi) is 2.86. The first-order chi connectivity index (χ1) is 9.73. The van der Waals surface area contributed by atoms with E-state index in [1.807, 2.05) is 27.7 Å². The second-order valence-electron chi connectivity index (χ2n) is 6.18. The molecule has 1 aliphatic heterocycles. The van der Waals surface area contributed by atoms with Crippen LogP contribution in [0.25, 0.3) is 10.9 Å². The van der Waals surface area contributed by atoms with Crippen molar-refractivity contribution in [3.8, 4) is 0 Å². The van der Waals surface area contributed by atoms with Crippen LogP contribution in [0.1, 0.15) is 27.7 Å². The summed E-state index contributed by atoms with van der Waals surface area (Å²) >= 11 is 0. The third-order valence-corrected chi connectivity index (χ3v) is 4.33. The maximum Gasteiger partial charge on any atom is 0.495 e. The predicted molar refractivity (Wildman–Crippen MR) is 78.5 cm³/mol. The number of nitrogens with zero attached hydrogens (tertiary/aromatic N) is 2. The van der Waals surface area contributed by atoms with Crippen LogP contribution in [-0.4, -0.2) is 33.4 Å². The molecule has 0 spiro atoms. The molecule has 0 unspecified atom stereocenters. The van der Waals surface area contributed by atoms with Crippen LogP contribution in [0.15, 0.2) is 18.3 Å². The Balaban J connectivity index is 2.10. The summed E-state index contributed by atoms with van der Waals surface area (Å²) in [6, 6.07) is 3.11. The van der Waals surface area contributed by atoms with E-state index in [1.165, 1.54) is 6.07 Å². The molecule has 1 saturated heterocycles. The molecule has 0 saturated carbocycles. The quantitative estimate of drug-likeness (QED) is 0.517. The predicted octanol–water partition coefficient (Wildman–Crippen LogP) is 1.77. The van der Waals surface area contributed by atoms with Crippen molar-refractivity contribution in [1.29, 1.82) is 0 Å². The van der Waals surface area contributed by atoms with Gasteiger partial charge in [-0.05, 0) is 33.2 Å². The number of fused-ring (bicyclic) bond motifs is 1. The first-order valence-electron chi connectivity index (χ1n) is 6.69. The van der Waals surface area contributed by atoms with Crippen LogP contribution < -0.4 is 5.46 Å². The van der Waals surface area contributed by atoms with Gasteiger partial charge in [0, 0.05) is 11.5 Å². The number of benzene rings is 1. The highest BCUT2D eigenvalue weighted by Gasteiger charge is 2.52. The molecule has 0 radical (unpaired) electrons. The lowest BCUT2D eigenvalue weighted by atomic mass is 9.77. The average molecular weight is 289 g/mol. The number of nitro groups is 1. The molecule has 0 aliphatic carbocycles. The maximum absolute atomic E-state index is 11.0. The molecular formula is C13H16BN3O4. The highest BCUT2D eigenvalue weighted by atomic mass is 16.7. The van der Waals surface area contributed by atoms with Gasteiger partial charge in [0.05, 0.1) is 22.3 Å². The number of nitro benzene ring substituents is 1. The number of rotatable bonds is 2. The first kappa shape index (κ1) is 14.0. The molecule has 1 fully saturated rings. The highest BCUT2D eigenvalue weighted by Crippen LogP contribution is 2.37. The number of non-ortho nitro benzene ring substituents is 1. The van der Waals surface area contributed by atoms with E-state index in [-0.39, 0.29) is 5.69 Å². The SMILES string of the molecule is CC1(C)OB(c2ccc([N+](=O)[O-])c3[nH]ncc23)OC1(C)C. The van der Waals surface area contributed by atoms with Gasteiger partial charge in [-0.2, -0.15) is 5.10 Å². The summed E-state index contributed by atoms with van der Waals surface area (Å²) in [6.07, 6.45) is 1.56. The molecule has 0 bridgehead atoms. The molecule has 0 atom stereocenters. The van der Waals surface area contributed by atoms with Crippen LogP contribution >= 0.6 is 0 Å². The Morgan fingerprint density at radius 3 is 2.43 bits per heavy atom. The van der Waals surface area contributed by atoms with E-state index in [2.05, 4.69) is 10.2 Å². The Labute approximate surface area is 121 Å². The first-order valence-corrected chi connectivity index (χ1v) is 6.69. The zero-order valence-electron chi connectivity index (χ0n) is 12.3. The summed E-state index contributed by atoms with van der Waals surface area (Å²) in [5.41, 5.74) is 0.184. The van der Waals surface area contributed by atoms with E-state index in [9.17, 15) is 10.1 Å². The summed E-state index contributed by atoms with van der Waals surface area (Å²) in [5.74, 6) is 0. The minimum absolute atomic E-state index is 0.0113. The van der Waals surface area contributed by atoms with Gasteiger partial charge in [0.1, 0.15) is 5.52 Å². The molecule has 7 nitrogen and oxygen atoms in total. The number of aromatic amines is 1. The van der Waals surface area contributed by atoms with Gasteiger partial charge in [0.25, 0.3) is 5.69 Å². The van der Waals surface area contributed by atoms with Gasteiger partial charge in [0.2, 0.25) is 0 Å². The van der Waals surface area contributed by atoms with E-state index in [0.29, 0.717) is 10.9 Å². The molecule has 21 heavy (non-hydrogen) atoms. The van der Waals surface area contributed by atoms with E-state index in [1.54, 1.807) is 12.3 Å². The largest absolute Gasteiger partial charge is 0.495 e. The van der Waals surface area contributed by atoms with Crippen LogP contribution in [0.4, 0.5) is 5.69 Å². The van der Waals surface area contributed by atoms with Gasteiger partial charge in [-0.1, -0.05) is 6.07 Å². The maximum atomic E-state index is 11.0. The molecular weight excluding hydrogens is 273 g/mol. The Bertz CT molecular complexity index is 709. The Hall–Kier alpha value is -1.93. The lowest BCUT2D eigenvalue weighted by Gasteiger charge is -2.32. The molecule has 1 aromatic carbocycles. The minimum Gasteiger partial charge on any atom is -0.399 e. The van der Waals surface area contributed by atoms with Gasteiger partial charge in [0.15, 0.2) is 0 Å². The van der Waals surface area contributed by atoms with Crippen molar-refractivity contribution in [2.45, 2.75) is 38.9 Å². The van der Waals surface area contributed by atoms with Crippen LogP contribution in [0.2, 0.25) is 0 Å². The lowest BCUT2D eigenvalue weighted by molar-refractivity contribution is -0.383. The van der Waals surface area contributed by atoms with Gasteiger partial charge < -0.3 is 9.31 Å². The number of H-pyrrole nitrogens is 1. The molecule has 0 amide bonds. The van der Waals surface area contributed by atoms with Crippen molar-refractivity contribution >= 4 is 29.2 Å². The van der Waals surface area contributed by atoms with Crippen molar-refractivity contribution in [3.05, 3.63) is 28.4 Å². The molecule has 1 aliphatic rings. The third-order valence-electron chi connectivity index (χ3n) is 4.33. The van der Waals surface area contributed by atoms with Crippen molar-refractivity contribution in [3.63, 3.8) is 0 Å². The highest BCUT2D eigenvalue weighted by molar-refractivity contribution is 6.65. The molecule has 3 rings (SSSR count). The molecule has 110 valence electrons. The molecule has 1 N–H and O–H groups in total. The topological polar surface area (TPSA) is 90.3 Å². The number of aromatic nitrogens is 2.